The fraction of sp³-hybridized carbons (Fsp3) is 0.294. The summed E-state index contributed by atoms with van der Waals surface area (Å²) in [5.74, 6) is -0.204. The molecule has 0 aliphatic heterocycles. The van der Waals surface area contributed by atoms with Gasteiger partial charge in [-0.15, -0.1) is 10.2 Å². The van der Waals surface area contributed by atoms with Crippen molar-refractivity contribution in [2.45, 2.75) is 26.2 Å². The highest BCUT2D eigenvalue weighted by molar-refractivity contribution is 5.90. The maximum absolute atomic E-state index is 12.8. The van der Waals surface area contributed by atoms with Gasteiger partial charge in [0.2, 0.25) is 0 Å². The molecule has 9 heteroatoms. The Morgan fingerprint density at radius 3 is 2.54 bits per heavy atom. The van der Waals surface area contributed by atoms with Crippen LogP contribution in [-0.2, 0) is 10.2 Å². The molecule has 0 spiro atoms. The number of methoxy groups -OCH3 is 1. The van der Waals surface area contributed by atoms with E-state index in [4.69, 9.17) is 0 Å². The Morgan fingerprint density at radius 2 is 1.92 bits per heavy atom. The van der Waals surface area contributed by atoms with E-state index in [1.54, 1.807) is 24.3 Å². The molecule has 2 heterocycles. The lowest BCUT2D eigenvalue weighted by Gasteiger charge is -2.16. The van der Waals surface area contributed by atoms with Crippen LogP contribution in [-0.4, -0.2) is 43.8 Å². The second-order valence-electron chi connectivity index (χ2n) is 6.65. The minimum Gasteiger partial charge on any atom is -0.465 e. The van der Waals surface area contributed by atoms with E-state index in [9.17, 15) is 9.59 Å². The summed E-state index contributed by atoms with van der Waals surface area (Å²) in [6.45, 7) is 5.69. The monoisotopic (exact) mass is 354 g/mol. The molecule has 0 bridgehead atoms. The van der Waals surface area contributed by atoms with E-state index in [2.05, 4.69) is 25.1 Å². The highest BCUT2D eigenvalue weighted by Crippen LogP contribution is 2.16. The van der Waals surface area contributed by atoms with Crippen molar-refractivity contribution in [2.75, 3.05) is 7.11 Å². The number of carbonyl (C=O) groups excluding carboxylic acids is 1. The molecular weight excluding hydrogens is 336 g/mol. The topological polar surface area (TPSA) is 104 Å². The predicted octanol–water partition coefficient (Wildman–Crippen LogP) is 1.25. The number of carbonyl (C=O) groups is 1. The molecule has 0 radical (unpaired) electrons. The summed E-state index contributed by atoms with van der Waals surface area (Å²) in [7, 11) is 1.32. The molecule has 9 nitrogen and oxygen atoms in total. The first-order valence-corrected chi connectivity index (χ1v) is 7.87. The van der Waals surface area contributed by atoms with Crippen molar-refractivity contribution in [3.8, 4) is 0 Å². The van der Waals surface area contributed by atoms with Crippen LogP contribution in [0, 0.1) is 0 Å². The van der Waals surface area contributed by atoms with E-state index in [1.807, 2.05) is 20.8 Å². The van der Waals surface area contributed by atoms with Crippen LogP contribution in [0.2, 0.25) is 0 Å². The first-order chi connectivity index (χ1) is 12.3. The molecule has 3 aromatic rings. The molecule has 0 aliphatic carbocycles. The van der Waals surface area contributed by atoms with Gasteiger partial charge in [0.25, 0.3) is 11.3 Å². The number of nitrogens with zero attached hydrogens (tertiary/aromatic N) is 6. The Labute approximate surface area is 148 Å². The Balaban J connectivity index is 2.04. The van der Waals surface area contributed by atoms with Crippen LogP contribution in [0.15, 0.2) is 40.5 Å². The molecule has 0 amide bonds. The minimum absolute atomic E-state index is 0.213. The van der Waals surface area contributed by atoms with E-state index in [0.29, 0.717) is 16.8 Å². The molecular formula is C17H18N6O3. The third kappa shape index (κ3) is 3.23. The van der Waals surface area contributed by atoms with E-state index in [1.165, 1.54) is 24.2 Å². The molecule has 0 fully saturated rings. The Bertz CT molecular complexity index is 1040. The van der Waals surface area contributed by atoms with Crippen LogP contribution in [0.5, 0.6) is 0 Å². The quantitative estimate of drug-likeness (QED) is 0.518. The minimum atomic E-state index is -0.463. The van der Waals surface area contributed by atoms with Crippen LogP contribution in [0.4, 0.5) is 0 Å². The van der Waals surface area contributed by atoms with Gasteiger partial charge in [0, 0.05) is 5.41 Å². The van der Waals surface area contributed by atoms with Gasteiger partial charge in [0.1, 0.15) is 12.0 Å². The standard InChI is InChI=1S/C17H18N6O3/c1-17(2,3)13-14(24)23(16-20-18-10-22(16)21-13)19-9-11-5-7-12(8-6-11)15(25)26-4/h5-10H,1-4H3/b19-9+. The number of hydrogen-bond acceptors (Lipinski definition) is 7. The summed E-state index contributed by atoms with van der Waals surface area (Å²) in [5, 5.41) is 16.2. The average molecular weight is 354 g/mol. The lowest BCUT2D eigenvalue weighted by Crippen LogP contribution is -2.33. The van der Waals surface area contributed by atoms with E-state index in [-0.39, 0.29) is 11.3 Å². The largest absolute Gasteiger partial charge is 0.465 e. The number of esters is 1. The van der Waals surface area contributed by atoms with Crippen LogP contribution < -0.4 is 5.56 Å². The average Bonchev–Trinajstić information content (AvgIpc) is 3.07. The first-order valence-electron chi connectivity index (χ1n) is 7.87. The molecule has 0 unspecified atom stereocenters. The van der Waals surface area contributed by atoms with Crippen molar-refractivity contribution in [2.24, 2.45) is 5.10 Å². The number of fused-ring (bicyclic) bond motifs is 1. The third-order valence-corrected chi connectivity index (χ3v) is 3.67. The van der Waals surface area contributed by atoms with Crippen molar-refractivity contribution in [1.29, 1.82) is 0 Å². The van der Waals surface area contributed by atoms with Gasteiger partial charge in [-0.25, -0.2) is 4.79 Å². The summed E-state index contributed by atoms with van der Waals surface area (Å²) in [6, 6.07) is 6.65. The maximum Gasteiger partial charge on any atom is 0.337 e. The summed E-state index contributed by atoms with van der Waals surface area (Å²) in [4.78, 5) is 24.2. The fourth-order valence-electron chi connectivity index (χ4n) is 2.30. The molecule has 1 aromatic carbocycles. The molecule has 0 N–H and O–H groups in total. The normalized spacial score (nSPS) is 12.0. The van der Waals surface area contributed by atoms with Crippen LogP contribution >= 0.6 is 0 Å². The van der Waals surface area contributed by atoms with Gasteiger partial charge in [-0.05, 0) is 17.7 Å². The Kier molecular flexibility index (Phi) is 4.37. The van der Waals surface area contributed by atoms with E-state index < -0.39 is 11.4 Å². The maximum atomic E-state index is 12.8. The van der Waals surface area contributed by atoms with Crippen molar-refractivity contribution in [3.63, 3.8) is 0 Å². The Morgan fingerprint density at radius 1 is 1.23 bits per heavy atom. The molecule has 0 atom stereocenters. The molecule has 0 saturated heterocycles. The summed E-state index contributed by atoms with van der Waals surface area (Å²) >= 11 is 0. The number of hydrogen-bond donors (Lipinski definition) is 0. The fourth-order valence-corrected chi connectivity index (χ4v) is 2.30. The van der Waals surface area contributed by atoms with E-state index >= 15 is 0 Å². The van der Waals surface area contributed by atoms with Crippen molar-refractivity contribution in [1.82, 2.24) is 24.5 Å². The highest BCUT2D eigenvalue weighted by Gasteiger charge is 2.23. The van der Waals surface area contributed by atoms with E-state index in [0.717, 1.165) is 4.68 Å². The number of benzene rings is 1. The SMILES string of the molecule is COC(=O)c1ccc(/C=N/n2c(=O)c(C(C)(C)C)nn3cnnc23)cc1. The molecule has 3 rings (SSSR count). The van der Waals surface area contributed by atoms with Crippen molar-refractivity contribution in [3.05, 3.63) is 57.8 Å². The van der Waals surface area contributed by atoms with Gasteiger partial charge >= 0.3 is 5.97 Å². The van der Waals surface area contributed by atoms with Gasteiger partial charge in [0.15, 0.2) is 0 Å². The predicted molar refractivity (Wildman–Crippen MR) is 94.5 cm³/mol. The van der Waals surface area contributed by atoms with Crippen molar-refractivity contribution < 1.29 is 9.53 Å². The first kappa shape index (κ1) is 17.5. The third-order valence-electron chi connectivity index (χ3n) is 3.67. The smallest absolute Gasteiger partial charge is 0.337 e. The second-order valence-corrected chi connectivity index (χ2v) is 6.65. The summed E-state index contributed by atoms with van der Waals surface area (Å²) in [6.07, 6.45) is 2.92. The molecule has 0 saturated carbocycles. The van der Waals surface area contributed by atoms with Gasteiger partial charge in [0.05, 0.1) is 18.9 Å². The number of rotatable bonds is 3. The van der Waals surface area contributed by atoms with Crippen LogP contribution in [0.1, 0.15) is 42.4 Å². The molecule has 0 aliphatic rings. The van der Waals surface area contributed by atoms with Gasteiger partial charge in [-0.1, -0.05) is 32.9 Å². The lowest BCUT2D eigenvalue weighted by atomic mass is 9.93. The van der Waals surface area contributed by atoms with Crippen LogP contribution in [0.25, 0.3) is 5.78 Å². The number of ether oxygens (including phenoxy) is 1. The van der Waals surface area contributed by atoms with Crippen molar-refractivity contribution >= 4 is 18.0 Å². The second kappa shape index (κ2) is 6.51. The number of aromatic nitrogens is 5. The zero-order valence-corrected chi connectivity index (χ0v) is 14.9. The van der Waals surface area contributed by atoms with Gasteiger partial charge < -0.3 is 4.74 Å². The summed E-state index contributed by atoms with van der Waals surface area (Å²) < 4.78 is 7.24. The summed E-state index contributed by atoms with van der Waals surface area (Å²) in [5.41, 5.74) is 0.662. The van der Waals surface area contributed by atoms with Gasteiger partial charge in [-0.3, -0.25) is 4.79 Å². The van der Waals surface area contributed by atoms with Crippen LogP contribution in [0.3, 0.4) is 0 Å². The highest BCUT2D eigenvalue weighted by atomic mass is 16.5. The van der Waals surface area contributed by atoms with Gasteiger partial charge in [-0.2, -0.15) is 19.4 Å². The lowest BCUT2D eigenvalue weighted by molar-refractivity contribution is 0.0600. The zero-order valence-electron chi connectivity index (χ0n) is 14.9. The Hall–Kier alpha value is -3.36. The molecule has 26 heavy (non-hydrogen) atoms. The molecule has 134 valence electrons. The molecule has 2 aromatic heterocycles. The zero-order chi connectivity index (χ0) is 18.9.